The molecule has 0 saturated heterocycles. The Morgan fingerprint density at radius 3 is 2.38 bits per heavy atom. The predicted octanol–water partition coefficient (Wildman–Crippen LogP) is 1.33. The Morgan fingerprint density at radius 2 is 1.76 bits per heavy atom. The van der Waals surface area contributed by atoms with Crippen molar-refractivity contribution >= 4 is 28.6 Å². The van der Waals surface area contributed by atoms with Crippen molar-refractivity contribution in [3.63, 3.8) is 0 Å². The van der Waals surface area contributed by atoms with Gasteiger partial charge in [-0.05, 0) is 29.2 Å². The van der Waals surface area contributed by atoms with Crippen LogP contribution in [0.25, 0.3) is 10.9 Å². The van der Waals surface area contributed by atoms with Crippen molar-refractivity contribution in [2.45, 2.75) is 39.5 Å². The molecule has 180 valence electrons. The van der Waals surface area contributed by atoms with Crippen LogP contribution in [0.2, 0.25) is 0 Å². The van der Waals surface area contributed by atoms with E-state index in [1.807, 2.05) is 12.1 Å². The summed E-state index contributed by atoms with van der Waals surface area (Å²) in [4.78, 5) is 37.1. The van der Waals surface area contributed by atoms with Crippen LogP contribution in [0.15, 0.2) is 48.5 Å². The Kier molecular flexibility index (Phi) is 7.31. The number of aliphatic hydroxyl groups is 1. The first kappa shape index (κ1) is 24.8. The zero-order valence-electron chi connectivity index (χ0n) is 19.2. The van der Waals surface area contributed by atoms with Crippen molar-refractivity contribution in [3.8, 4) is 0 Å². The van der Waals surface area contributed by atoms with E-state index in [-0.39, 0.29) is 18.1 Å². The number of hydrogen-bond donors (Lipinski definition) is 4. The van der Waals surface area contributed by atoms with Gasteiger partial charge in [0.2, 0.25) is 11.8 Å². The van der Waals surface area contributed by atoms with Crippen LogP contribution in [0, 0.1) is 11.2 Å². The van der Waals surface area contributed by atoms with Crippen LogP contribution in [-0.2, 0) is 16.1 Å². The van der Waals surface area contributed by atoms with Crippen LogP contribution >= 0.6 is 0 Å². The summed E-state index contributed by atoms with van der Waals surface area (Å²) < 4.78 is 14.9. The summed E-state index contributed by atoms with van der Waals surface area (Å²) in [5.74, 6) is -2.44. The number of halogens is 1. The number of carbonyl (C=O) groups is 3. The van der Waals surface area contributed by atoms with Gasteiger partial charge in [0.25, 0.3) is 5.91 Å². The molecule has 0 aliphatic heterocycles. The quantitative estimate of drug-likeness (QED) is 0.394. The zero-order valence-corrected chi connectivity index (χ0v) is 19.2. The summed E-state index contributed by atoms with van der Waals surface area (Å²) in [6.45, 7) is 5.27. The van der Waals surface area contributed by atoms with Crippen LogP contribution < -0.4 is 16.4 Å². The molecule has 0 aliphatic carbocycles. The normalized spacial score (nSPS) is 13.3. The van der Waals surface area contributed by atoms with Gasteiger partial charge in [0.05, 0.1) is 18.6 Å². The van der Waals surface area contributed by atoms with Crippen LogP contribution in [0.5, 0.6) is 0 Å². The number of benzene rings is 2. The van der Waals surface area contributed by atoms with E-state index in [9.17, 15) is 23.9 Å². The lowest BCUT2D eigenvalue weighted by molar-refractivity contribution is -0.128. The summed E-state index contributed by atoms with van der Waals surface area (Å²) in [5.41, 5.74) is 5.98. The second-order valence-electron chi connectivity index (χ2n) is 9.09. The fourth-order valence-electron chi connectivity index (χ4n) is 3.45. The summed E-state index contributed by atoms with van der Waals surface area (Å²) in [6.07, 6.45) is -1.54. The third-order valence-electron chi connectivity index (χ3n) is 5.32. The van der Waals surface area contributed by atoms with Crippen molar-refractivity contribution in [3.05, 3.63) is 65.6 Å². The maximum atomic E-state index is 13.3. The third kappa shape index (κ3) is 5.76. The minimum Gasteiger partial charge on any atom is -0.381 e. The van der Waals surface area contributed by atoms with Crippen molar-refractivity contribution in [1.82, 2.24) is 20.4 Å². The Hall–Kier alpha value is -3.79. The first-order chi connectivity index (χ1) is 16.0. The lowest BCUT2D eigenvalue weighted by Gasteiger charge is -2.30. The van der Waals surface area contributed by atoms with Gasteiger partial charge in [-0.1, -0.05) is 51.1 Å². The van der Waals surface area contributed by atoms with E-state index in [1.54, 1.807) is 49.7 Å². The highest BCUT2D eigenvalue weighted by Gasteiger charge is 2.34. The van der Waals surface area contributed by atoms with Gasteiger partial charge in [0.15, 0.2) is 5.69 Å². The van der Waals surface area contributed by atoms with Crippen LogP contribution in [-0.4, -0.2) is 51.3 Å². The average Bonchev–Trinajstić information content (AvgIpc) is 3.14. The third-order valence-corrected chi connectivity index (χ3v) is 5.32. The van der Waals surface area contributed by atoms with Gasteiger partial charge in [0.1, 0.15) is 18.0 Å². The van der Waals surface area contributed by atoms with Crippen LogP contribution in [0.4, 0.5) is 4.39 Å². The van der Waals surface area contributed by atoms with Gasteiger partial charge in [-0.2, -0.15) is 5.10 Å². The first-order valence-corrected chi connectivity index (χ1v) is 10.7. The number of carbonyl (C=O) groups excluding carboxylic acids is 3. The topological polar surface area (TPSA) is 139 Å². The largest absolute Gasteiger partial charge is 0.381 e. The van der Waals surface area contributed by atoms with Gasteiger partial charge in [-0.15, -0.1) is 0 Å². The number of nitrogens with zero attached hydrogens (tertiary/aromatic N) is 2. The number of aliphatic hydroxyl groups excluding tert-OH is 1. The molecule has 2 aromatic carbocycles. The molecule has 9 nitrogen and oxygen atoms in total. The van der Waals surface area contributed by atoms with E-state index in [0.29, 0.717) is 17.4 Å². The maximum absolute atomic E-state index is 13.3. The molecule has 3 aromatic rings. The number of aromatic nitrogens is 2. The van der Waals surface area contributed by atoms with Crippen molar-refractivity contribution in [2.24, 2.45) is 11.1 Å². The maximum Gasteiger partial charge on any atom is 0.273 e. The highest BCUT2D eigenvalue weighted by atomic mass is 19.1. The van der Waals surface area contributed by atoms with Gasteiger partial charge < -0.3 is 21.5 Å². The summed E-state index contributed by atoms with van der Waals surface area (Å²) in [5, 5.41) is 19.8. The van der Waals surface area contributed by atoms with E-state index in [4.69, 9.17) is 5.73 Å². The molecular formula is C24H28FN5O4. The molecule has 0 bridgehead atoms. The molecule has 3 amide bonds. The minimum absolute atomic E-state index is 0.136. The summed E-state index contributed by atoms with van der Waals surface area (Å²) >= 11 is 0. The molecule has 0 fully saturated rings. The Balaban J connectivity index is 1.86. The molecule has 1 aromatic heterocycles. The zero-order chi connectivity index (χ0) is 25.0. The molecule has 10 heteroatoms. The summed E-state index contributed by atoms with van der Waals surface area (Å²) in [6, 6.07) is 12.2. The summed E-state index contributed by atoms with van der Waals surface area (Å²) in [7, 11) is 0. The van der Waals surface area contributed by atoms with Crippen LogP contribution in [0.1, 0.15) is 36.8 Å². The Labute approximate surface area is 196 Å². The fourth-order valence-corrected chi connectivity index (χ4v) is 3.45. The molecule has 0 saturated carbocycles. The smallest absolute Gasteiger partial charge is 0.273 e. The van der Waals surface area contributed by atoms with Crippen LogP contribution in [0.3, 0.4) is 0 Å². The fraction of sp³-hybridized carbons (Fsp3) is 0.333. The standard InChI is InChI=1S/C24H28FN5O4/c1-24(2,3)20(23(34)27-12-18(31)21(26)32)28-22(33)19-16-6-4-5-7-17(16)30(29-19)13-14-8-10-15(25)11-9-14/h4-11,18,20,31H,12-13H2,1-3H3,(H2,26,32)(H,27,34)(H,28,33)/t18?,20-/m1/s1. The number of nitrogens with one attached hydrogen (secondary N) is 2. The molecule has 2 atom stereocenters. The van der Waals surface area contributed by atoms with Gasteiger partial charge in [0, 0.05) is 5.39 Å². The molecule has 1 heterocycles. The van der Waals surface area contributed by atoms with Gasteiger partial charge >= 0.3 is 0 Å². The van der Waals surface area contributed by atoms with E-state index in [2.05, 4.69) is 15.7 Å². The predicted molar refractivity (Wildman–Crippen MR) is 124 cm³/mol. The lowest BCUT2D eigenvalue weighted by Crippen LogP contribution is -2.55. The van der Waals surface area contributed by atoms with Crippen molar-refractivity contribution < 1.29 is 23.9 Å². The molecule has 0 aliphatic rings. The molecule has 5 N–H and O–H groups in total. The van der Waals surface area contributed by atoms with E-state index < -0.39 is 35.3 Å². The number of fused-ring (bicyclic) bond motifs is 1. The van der Waals surface area contributed by atoms with E-state index >= 15 is 0 Å². The number of para-hydroxylation sites is 1. The van der Waals surface area contributed by atoms with Gasteiger partial charge in [-0.3, -0.25) is 19.1 Å². The monoisotopic (exact) mass is 469 g/mol. The average molecular weight is 470 g/mol. The number of hydrogen-bond acceptors (Lipinski definition) is 5. The van der Waals surface area contributed by atoms with E-state index in [1.165, 1.54) is 12.1 Å². The SMILES string of the molecule is CC(C)(C)[C@H](NC(=O)c1nn(Cc2ccc(F)cc2)c2ccccc12)C(=O)NCC(O)C(N)=O. The number of amides is 3. The second-order valence-corrected chi connectivity index (χ2v) is 9.09. The Bertz CT molecular complexity index is 1200. The minimum atomic E-state index is -1.54. The number of rotatable bonds is 8. The number of primary amides is 1. The van der Waals surface area contributed by atoms with Crippen molar-refractivity contribution in [1.29, 1.82) is 0 Å². The molecular weight excluding hydrogens is 441 g/mol. The number of nitrogens with two attached hydrogens (primary N) is 1. The Morgan fingerprint density at radius 1 is 1.12 bits per heavy atom. The molecule has 0 spiro atoms. The van der Waals surface area contributed by atoms with Gasteiger partial charge in [-0.25, -0.2) is 4.39 Å². The molecule has 3 rings (SSSR count). The lowest BCUT2D eigenvalue weighted by atomic mass is 9.86. The highest BCUT2D eigenvalue weighted by Crippen LogP contribution is 2.23. The highest BCUT2D eigenvalue weighted by molar-refractivity contribution is 6.06. The molecule has 0 radical (unpaired) electrons. The molecule has 34 heavy (non-hydrogen) atoms. The molecule has 1 unspecified atom stereocenters. The second kappa shape index (κ2) is 10.0. The van der Waals surface area contributed by atoms with Crippen molar-refractivity contribution in [2.75, 3.05) is 6.54 Å². The first-order valence-electron chi connectivity index (χ1n) is 10.7. The van der Waals surface area contributed by atoms with E-state index in [0.717, 1.165) is 5.56 Å².